The lowest BCUT2D eigenvalue weighted by molar-refractivity contribution is 0.0598. The van der Waals surface area contributed by atoms with Crippen molar-refractivity contribution in [3.05, 3.63) is 54.2 Å². The molecule has 1 aliphatic heterocycles. The molecule has 1 amide bonds. The number of para-hydroxylation sites is 1. The molecule has 1 saturated heterocycles. The predicted octanol–water partition coefficient (Wildman–Crippen LogP) is 6.34. The Balaban J connectivity index is 1.87. The topological polar surface area (TPSA) is 45.7 Å². The Labute approximate surface area is 181 Å². The van der Waals surface area contributed by atoms with E-state index in [0.29, 0.717) is 17.8 Å². The third-order valence-electron chi connectivity index (χ3n) is 5.19. The molecule has 3 rings (SSSR count). The lowest BCUT2D eigenvalue weighted by Gasteiger charge is -2.37. The second-order valence-electron chi connectivity index (χ2n) is 9.50. The molecule has 1 aromatic heterocycles. The molecule has 5 nitrogen and oxygen atoms in total. The molecule has 0 aliphatic carbocycles. The zero-order valence-electron chi connectivity index (χ0n) is 19.0. The maximum atomic E-state index is 13.0. The second-order valence-corrected chi connectivity index (χ2v) is 9.50. The summed E-state index contributed by atoms with van der Waals surface area (Å²) in [4.78, 5) is 21.8. The zero-order valence-corrected chi connectivity index (χ0v) is 19.0. The van der Waals surface area contributed by atoms with Crippen molar-refractivity contribution in [3.63, 3.8) is 0 Å². The van der Waals surface area contributed by atoms with Gasteiger partial charge < -0.3 is 4.74 Å². The van der Waals surface area contributed by atoms with Crippen molar-refractivity contribution in [2.24, 2.45) is 5.92 Å². The van der Waals surface area contributed by atoms with Crippen molar-refractivity contribution in [1.82, 2.24) is 9.88 Å². The van der Waals surface area contributed by atoms with E-state index in [9.17, 15) is 4.79 Å². The Morgan fingerprint density at radius 3 is 2.50 bits per heavy atom. The molecule has 5 heteroatoms. The van der Waals surface area contributed by atoms with Gasteiger partial charge in [0.1, 0.15) is 11.4 Å². The van der Waals surface area contributed by atoms with Gasteiger partial charge in [0.2, 0.25) is 0 Å². The van der Waals surface area contributed by atoms with Gasteiger partial charge in [-0.2, -0.15) is 0 Å². The molecule has 162 valence electrons. The number of piperidine rings is 1. The van der Waals surface area contributed by atoms with E-state index in [0.717, 1.165) is 25.2 Å². The fourth-order valence-corrected chi connectivity index (χ4v) is 4.00. The Kier molecular flexibility index (Phi) is 7.14. The van der Waals surface area contributed by atoms with E-state index in [1.54, 1.807) is 4.90 Å². The molecular weight excluding hydrogens is 374 g/mol. The molecule has 0 saturated carbocycles. The van der Waals surface area contributed by atoms with E-state index in [1.807, 2.05) is 63.4 Å². The predicted molar refractivity (Wildman–Crippen MR) is 122 cm³/mol. The Morgan fingerprint density at radius 2 is 1.90 bits per heavy atom. The lowest BCUT2D eigenvalue weighted by Crippen LogP contribution is -2.36. The number of likely N-dealkylation sites (tertiary alicyclic amines) is 1. The minimum Gasteiger partial charge on any atom is -0.443 e. The largest absolute Gasteiger partial charge is 0.443 e. The van der Waals surface area contributed by atoms with Crippen molar-refractivity contribution in [3.8, 4) is 0 Å². The molecule has 0 bridgehead atoms. The number of carbonyl (C=O) groups excluding carboxylic acids is 1. The highest BCUT2D eigenvalue weighted by Crippen LogP contribution is 2.33. The van der Waals surface area contributed by atoms with Crippen LogP contribution in [-0.4, -0.2) is 34.7 Å². The molecule has 1 aliphatic rings. The Morgan fingerprint density at radius 1 is 1.17 bits per heavy atom. The number of aromatic nitrogens is 1. The van der Waals surface area contributed by atoms with Crippen LogP contribution in [0.3, 0.4) is 0 Å². The van der Waals surface area contributed by atoms with Crippen molar-refractivity contribution >= 4 is 17.6 Å². The molecule has 0 N–H and O–H groups in total. The first-order valence-corrected chi connectivity index (χ1v) is 11.0. The number of benzene rings is 1. The average Bonchev–Trinajstić information content (AvgIpc) is 2.68. The zero-order chi connectivity index (χ0) is 21.7. The summed E-state index contributed by atoms with van der Waals surface area (Å²) in [6.45, 7) is 12.4. The number of pyridine rings is 1. The highest BCUT2D eigenvalue weighted by atomic mass is 16.6. The first-order chi connectivity index (χ1) is 14.2. The second kappa shape index (κ2) is 9.61. The van der Waals surface area contributed by atoms with Crippen molar-refractivity contribution in [1.29, 1.82) is 0 Å². The Bertz CT molecular complexity index is 813. The fraction of sp³-hybridized carbons (Fsp3) is 0.520. The minimum atomic E-state index is -0.580. The van der Waals surface area contributed by atoms with Gasteiger partial charge in [-0.15, -0.1) is 0 Å². The summed E-state index contributed by atoms with van der Waals surface area (Å²) < 4.78 is 5.65. The summed E-state index contributed by atoms with van der Waals surface area (Å²) in [7, 11) is 0. The molecule has 0 spiro atoms. The van der Waals surface area contributed by atoms with E-state index in [-0.39, 0.29) is 0 Å². The molecular formula is C25H35N3O2. The maximum absolute atomic E-state index is 13.0. The standard InChI is InChI=1S/C25H35N3O2/c1-19(2)18-27-16-10-9-13-22(27)20-14-15-23(26-17-20)28(21-11-7-6-8-12-21)24(29)30-25(3,4)5/h6-8,11-12,14-15,17,19,22H,9-10,13,16,18H2,1-5H3/t22-/m0/s1. The quantitative estimate of drug-likeness (QED) is 0.578. The van der Waals surface area contributed by atoms with Crippen molar-refractivity contribution in [2.75, 3.05) is 18.0 Å². The van der Waals surface area contributed by atoms with E-state index < -0.39 is 11.7 Å². The molecule has 1 fully saturated rings. The number of nitrogens with zero attached hydrogens (tertiary/aromatic N) is 3. The number of rotatable bonds is 5. The van der Waals surface area contributed by atoms with Gasteiger partial charge in [-0.05, 0) is 69.8 Å². The highest BCUT2D eigenvalue weighted by Gasteiger charge is 2.28. The first kappa shape index (κ1) is 22.3. The monoisotopic (exact) mass is 409 g/mol. The molecule has 1 aromatic carbocycles. The van der Waals surface area contributed by atoms with E-state index in [1.165, 1.54) is 18.4 Å². The van der Waals surface area contributed by atoms with Crippen LogP contribution in [0.25, 0.3) is 0 Å². The minimum absolute atomic E-state index is 0.398. The van der Waals surface area contributed by atoms with E-state index >= 15 is 0 Å². The summed E-state index contributed by atoms with van der Waals surface area (Å²) >= 11 is 0. The molecule has 2 aromatic rings. The van der Waals surface area contributed by atoms with Gasteiger partial charge in [0.25, 0.3) is 0 Å². The number of hydrogen-bond acceptors (Lipinski definition) is 4. The summed E-state index contributed by atoms with van der Waals surface area (Å²) in [5, 5.41) is 0. The van der Waals surface area contributed by atoms with Crippen LogP contribution in [-0.2, 0) is 4.74 Å². The van der Waals surface area contributed by atoms with Gasteiger partial charge in [0, 0.05) is 18.8 Å². The smallest absolute Gasteiger partial charge is 0.420 e. The molecule has 2 heterocycles. The summed E-state index contributed by atoms with van der Waals surface area (Å²) in [6.07, 6.45) is 5.17. The molecule has 1 atom stereocenters. The average molecular weight is 410 g/mol. The first-order valence-electron chi connectivity index (χ1n) is 11.0. The third kappa shape index (κ3) is 5.82. The van der Waals surface area contributed by atoms with Crippen LogP contribution in [0.15, 0.2) is 48.7 Å². The van der Waals surface area contributed by atoms with Crippen LogP contribution in [0.2, 0.25) is 0 Å². The SMILES string of the molecule is CC(C)CN1CCCC[C@H]1c1ccc(N(C(=O)OC(C)(C)C)c2ccccc2)nc1. The van der Waals surface area contributed by atoms with Gasteiger partial charge >= 0.3 is 6.09 Å². The molecule has 0 radical (unpaired) electrons. The van der Waals surface area contributed by atoms with Gasteiger partial charge in [0.05, 0.1) is 5.69 Å². The molecule has 30 heavy (non-hydrogen) atoms. The third-order valence-corrected chi connectivity index (χ3v) is 5.19. The maximum Gasteiger partial charge on any atom is 0.420 e. The van der Waals surface area contributed by atoms with Crippen LogP contribution in [0.5, 0.6) is 0 Å². The number of ether oxygens (including phenoxy) is 1. The van der Waals surface area contributed by atoms with Gasteiger partial charge in [-0.3, -0.25) is 4.90 Å². The van der Waals surface area contributed by atoms with E-state index in [4.69, 9.17) is 9.72 Å². The van der Waals surface area contributed by atoms with Crippen LogP contribution >= 0.6 is 0 Å². The normalized spacial score (nSPS) is 17.7. The van der Waals surface area contributed by atoms with Gasteiger partial charge in [-0.25, -0.2) is 14.7 Å². The Hall–Kier alpha value is -2.40. The number of amides is 1. The van der Waals surface area contributed by atoms with Crippen LogP contribution in [0, 0.1) is 5.92 Å². The van der Waals surface area contributed by atoms with Crippen molar-refractivity contribution in [2.45, 2.75) is 65.5 Å². The number of hydrogen-bond donors (Lipinski definition) is 0. The van der Waals surface area contributed by atoms with Gasteiger partial charge in [-0.1, -0.05) is 44.5 Å². The number of carbonyl (C=O) groups is 1. The molecule has 0 unspecified atom stereocenters. The fourth-order valence-electron chi connectivity index (χ4n) is 4.00. The lowest BCUT2D eigenvalue weighted by atomic mass is 9.95. The summed E-state index contributed by atoms with van der Waals surface area (Å²) in [5.41, 5.74) is 1.38. The summed E-state index contributed by atoms with van der Waals surface area (Å²) in [6, 6.07) is 14.0. The summed E-state index contributed by atoms with van der Waals surface area (Å²) in [5.74, 6) is 1.21. The van der Waals surface area contributed by atoms with E-state index in [2.05, 4.69) is 24.8 Å². The highest BCUT2D eigenvalue weighted by molar-refractivity contribution is 5.95. The van der Waals surface area contributed by atoms with Crippen LogP contribution < -0.4 is 4.90 Å². The van der Waals surface area contributed by atoms with Crippen molar-refractivity contribution < 1.29 is 9.53 Å². The van der Waals surface area contributed by atoms with Crippen LogP contribution in [0.4, 0.5) is 16.3 Å². The number of anilines is 2. The van der Waals surface area contributed by atoms with Gasteiger partial charge in [0.15, 0.2) is 0 Å². The van der Waals surface area contributed by atoms with Crippen LogP contribution in [0.1, 0.15) is 65.5 Å².